The molecule has 0 unspecified atom stereocenters. The number of para-hydroxylation sites is 1. The van der Waals surface area contributed by atoms with Crippen LogP contribution >= 0.6 is 0 Å². The molecular formula is C17H15N3O2. The minimum absolute atomic E-state index is 0.0255. The van der Waals surface area contributed by atoms with Crippen molar-refractivity contribution in [3.8, 4) is 0 Å². The molecule has 0 bridgehead atoms. The zero-order chi connectivity index (χ0) is 15.4. The van der Waals surface area contributed by atoms with Crippen LogP contribution in [0.15, 0.2) is 60.9 Å². The van der Waals surface area contributed by atoms with E-state index >= 15 is 0 Å². The zero-order valence-electron chi connectivity index (χ0n) is 11.8. The molecular weight excluding hydrogens is 278 g/mol. The first-order chi connectivity index (χ1) is 10.7. The van der Waals surface area contributed by atoms with Crippen LogP contribution in [0.25, 0.3) is 10.9 Å². The SMILES string of the molecule is O=C(O)C[C@@H](Nc1ncnc2ccccc12)c1ccccc1. The van der Waals surface area contributed by atoms with Crippen LogP contribution in [0.5, 0.6) is 0 Å². The van der Waals surface area contributed by atoms with Gasteiger partial charge in [0.15, 0.2) is 0 Å². The Balaban J connectivity index is 1.97. The Morgan fingerprint density at radius 3 is 2.55 bits per heavy atom. The van der Waals surface area contributed by atoms with E-state index in [9.17, 15) is 4.79 Å². The second-order valence-corrected chi connectivity index (χ2v) is 4.94. The van der Waals surface area contributed by atoms with Crippen LogP contribution in [-0.2, 0) is 4.79 Å². The number of carboxylic acid groups (broad SMARTS) is 1. The Morgan fingerprint density at radius 1 is 1.05 bits per heavy atom. The maximum atomic E-state index is 11.2. The normalized spacial score (nSPS) is 12.0. The van der Waals surface area contributed by atoms with E-state index < -0.39 is 5.97 Å². The van der Waals surface area contributed by atoms with E-state index in [4.69, 9.17) is 5.11 Å². The number of carboxylic acids is 1. The monoisotopic (exact) mass is 293 g/mol. The van der Waals surface area contributed by atoms with E-state index in [0.29, 0.717) is 5.82 Å². The summed E-state index contributed by atoms with van der Waals surface area (Å²) in [5.41, 5.74) is 1.73. The molecule has 0 amide bonds. The van der Waals surface area contributed by atoms with Crippen LogP contribution in [0, 0.1) is 0 Å². The number of rotatable bonds is 5. The lowest BCUT2D eigenvalue weighted by molar-refractivity contribution is -0.137. The summed E-state index contributed by atoms with van der Waals surface area (Å²) < 4.78 is 0. The summed E-state index contributed by atoms with van der Waals surface area (Å²) in [7, 11) is 0. The molecule has 0 fully saturated rings. The number of nitrogens with one attached hydrogen (secondary N) is 1. The maximum absolute atomic E-state index is 11.2. The first kappa shape index (κ1) is 14.0. The highest BCUT2D eigenvalue weighted by Crippen LogP contribution is 2.25. The van der Waals surface area contributed by atoms with Gasteiger partial charge >= 0.3 is 5.97 Å². The molecule has 1 atom stereocenters. The highest BCUT2D eigenvalue weighted by Gasteiger charge is 2.17. The summed E-state index contributed by atoms with van der Waals surface area (Å²) >= 11 is 0. The number of carbonyl (C=O) groups is 1. The van der Waals surface area contributed by atoms with Gasteiger partial charge in [-0.3, -0.25) is 4.79 Å². The van der Waals surface area contributed by atoms with E-state index in [1.807, 2.05) is 54.6 Å². The van der Waals surface area contributed by atoms with Gasteiger partial charge in [0.05, 0.1) is 18.0 Å². The van der Waals surface area contributed by atoms with Crippen molar-refractivity contribution in [3.05, 3.63) is 66.5 Å². The van der Waals surface area contributed by atoms with Gasteiger partial charge in [-0.15, -0.1) is 0 Å². The number of nitrogens with zero attached hydrogens (tertiary/aromatic N) is 2. The maximum Gasteiger partial charge on any atom is 0.305 e. The number of aliphatic carboxylic acids is 1. The topological polar surface area (TPSA) is 75.1 Å². The Bertz CT molecular complexity index is 785. The number of anilines is 1. The van der Waals surface area contributed by atoms with Crippen molar-refractivity contribution in [2.45, 2.75) is 12.5 Å². The molecule has 3 aromatic rings. The van der Waals surface area contributed by atoms with Crippen LogP contribution < -0.4 is 5.32 Å². The first-order valence-corrected chi connectivity index (χ1v) is 6.97. The Labute approximate surface area is 127 Å². The summed E-state index contributed by atoms with van der Waals surface area (Å²) in [4.78, 5) is 19.6. The van der Waals surface area contributed by atoms with E-state index in [1.165, 1.54) is 6.33 Å². The van der Waals surface area contributed by atoms with Gasteiger partial charge in [0.2, 0.25) is 0 Å². The fourth-order valence-corrected chi connectivity index (χ4v) is 2.40. The molecule has 1 aromatic heterocycles. The van der Waals surface area contributed by atoms with Crippen molar-refractivity contribution in [1.82, 2.24) is 9.97 Å². The third kappa shape index (κ3) is 3.03. The van der Waals surface area contributed by atoms with Crippen LogP contribution in [0.4, 0.5) is 5.82 Å². The number of benzene rings is 2. The van der Waals surface area contributed by atoms with Crippen molar-refractivity contribution in [1.29, 1.82) is 0 Å². The van der Waals surface area contributed by atoms with Crippen molar-refractivity contribution >= 4 is 22.7 Å². The Kier molecular flexibility index (Phi) is 3.96. The molecule has 2 aromatic carbocycles. The first-order valence-electron chi connectivity index (χ1n) is 6.97. The molecule has 0 saturated carbocycles. The average molecular weight is 293 g/mol. The standard InChI is InChI=1S/C17H15N3O2/c21-16(22)10-15(12-6-2-1-3-7-12)20-17-13-8-4-5-9-14(13)18-11-19-17/h1-9,11,15H,10H2,(H,21,22)(H,18,19,20)/t15-/m1/s1. The molecule has 1 heterocycles. The van der Waals surface area contributed by atoms with Crippen LogP contribution in [0.1, 0.15) is 18.0 Å². The number of hydrogen-bond acceptors (Lipinski definition) is 4. The van der Waals surface area contributed by atoms with Crippen LogP contribution in [0.2, 0.25) is 0 Å². The second kappa shape index (κ2) is 6.22. The summed E-state index contributed by atoms with van der Waals surface area (Å²) in [6.45, 7) is 0. The molecule has 5 heteroatoms. The molecule has 0 saturated heterocycles. The third-order valence-electron chi connectivity index (χ3n) is 3.43. The highest BCUT2D eigenvalue weighted by atomic mass is 16.4. The van der Waals surface area contributed by atoms with Crippen LogP contribution in [-0.4, -0.2) is 21.0 Å². The minimum atomic E-state index is -0.861. The Morgan fingerprint density at radius 2 is 1.77 bits per heavy atom. The number of aromatic nitrogens is 2. The van der Waals surface area contributed by atoms with Gasteiger partial charge in [0.1, 0.15) is 12.1 Å². The molecule has 5 nitrogen and oxygen atoms in total. The molecule has 2 N–H and O–H groups in total. The fourth-order valence-electron chi connectivity index (χ4n) is 2.40. The lowest BCUT2D eigenvalue weighted by Gasteiger charge is -2.19. The quantitative estimate of drug-likeness (QED) is 0.755. The van der Waals surface area contributed by atoms with Gasteiger partial charge in [-0.25, -0.2) is 9.97 Å². The molecule has 110 valence electrons. The molecule has 0 aliphatic rings. The minimum Gasteiger partial charge on any atom is -0.481 e. The molecule has 0 radical (unpaired) electrons. The highest BCUT2D eigenvalue weighted by molar-refractivity contribution is 5.89. The lowest BCUT2D eigenvalue weighted by Crippen LogP contribution is -2.16. The summed E-state index contributed by atoms with van der Waals surface area (Å²) in [5.74, 6) is -0.222. The predicted molar refractivity (Wildman–Crippen MR) is 84.6 cm³/mol. The second-order valence-electron chi connectivity index (χ2n) is 4.94. The van der Waals surface area contributed by atoms with Gasteiger partial charge in [-0.05, 0) is 17.7 Å². The summed E-state index contributed by atoms with van der Waals surface area (Å²) in [6.07, 6.45) is 1.45. The fraction of sp³-hybridized carbons (Fsp3) is 0.118. The van der Waals surface area contributed by atoms with E-state index in [2.05, 4.69) is 15.3 Å². The Hall–Kier alpha value is -2.95. The molecule has 22 heavy (non-hydrogen) atoms. The summed E-state index contributed by atoms with van der Waals surface area (Å²) in [6, 6.07) is 16.8. The number of fused-ring (bicyclic) bond motifs is 1. The number of hydrogen-bond donors (Lipinski definition) is 2. The zero-order valence-corrected chi connectivity index (χ0v) is 11.8. The van der Waals surface area contributed by atoms with E-state index in [1.54, 1.807) is 0 Å². The summed E-state index contributed by atoms with van der Waals surface area (Å²) in [5, 5.41) is 13.3. The average Bonchev–Trinajstić information content (AvgIpc) is 2.55. The largest absolute Gasteiger partial charge is 0.481 e. The molecule has 0 aliphatic carbocycles. The van der Waals surface area contributed by atoms with Gasteiger partial charge in [-0.2, -0.15) is 0 Å². The van der Waals surface area contributed by atoms with Gasteiger partial charge in [0.25, 0.3) is 0 Å². The smallest absolute Gasteiger partial charge is 0.305 e. The van der Waals surface area contributed by atoms with Gasteiger partial charge in [0, 0.05) is 5.39 Å². The molecule has 0 spiro atoms. The van der Waals surface area contributed by atoms with Gasteiger partial charge < -0.3 is 10.4 Å². The van der Waals surface area contributed by atoms with Gasteiger partial charge in [-0.1, -0.05) is 42.5 Å². The van der Waals surface area contributed by atoms with E-state index in [0.717, 1.165) is 16.5 Å². The van der Waals surface area contributed by atoms with Crippen molar-refractivity contribution < 1.29 is 9.90 Å². The van der Waals surface area contributed by atoms with Crippen LogP contribution in [0.3, 0.4) is 0 Å². The van der Waals surface area contributed by atoms with Crippen molar-refractivity contribution in [3.63, 3.8) is 0 Å². The molecule has 3 rings (SSSR count). The molecule has 0 aliphatic heterocycles. The third-order valence-corrected chi connectivity index (χ3v) is 3.43. The predicted octanol–water partition coefficient (Wildman–Crippen LogP) is 3.26. The van der Waals surface area contributed by atoms with Crippen molar-refractivity contribution in [2.24, 2.45) is 0 Å². The van der Waals surface area contributed by atoms with E-state index in [-0.39, 0.29) is 12.5 Å². The van der Waals surface area contributed by atoms with Crippen molar-refractivity contribution in [2.75, 3.05) is 5.32 Å². The lowest BCUT2D eigenvalue weighted by atomic mass is 10.0.